The molecule has 0 saturated carbocycles. The van der Waals surface area contributed by atoms with Crippen LogP contribution in [0.4, 0.5) is 4.79 Å². The SMILES string of the molecule is COc1cc(/C=C2\SC(=O)N(Cc3ccccc3)C2=O)cc(Cl)c1OCc1ccccc1C#N. The van der Waals surface area contributed by atoms with E-state index < -0.39 is 0 Å². The summed E-state index contributed by atoms with van der Waals surface area (Å²) in [6.45, 7) is 0.349. The molecule has 3 aromatic carbocycles. The first kappa shape index (κ1) is 23.4. The van der Waals surface area contributed by atoms with Crippen LogP contribution in [0.25, 0.3) is 6.08 Å². The van der Waals surface area contributed by atoms with Crippen LogP contribution < -0.4 is 9.47 Å². The van der Waals surface area contributed by atoms with Gasteiger partial charge < -0.3 is 9.47 Å². The molecule has 2 amide bonds. The Morgan fingerprint density at radius 3 is 2.56 bits per heavy atom. The number of halogens is 1. The number of carbonyl (C=O) groups excluding carboxylic acids is 2. The quantitative estimate of drug-likeness (QED) is 0.376. The summed E-state index contributed by atoms with van der Waals surface area (Å²) < 4.78 is 11.3. The molecule has 3 aromatic rings. The Balaban J connectivity index is 1.55. The number of ether oxygens (including phenoxy) is 2. The van der Waals surface area contributed by atoms with E-state index >= 15 is 0 Å². The van der Waals surface area contributed by atoms with Gasteiger partial charge in [-0.15, -0.1) is 0 Å². The van der Waals surface area contributed by atoms with Gasteiger partial charge in [-0.25, -0.2) is 0 Å². The van der Waals surface area contributed by atoms with Gasteiger partial charge >= 0.3 is 0 Å². The number of methoxy groups -OCH3 is 1. The van der Waals surface area contributed by atoms with E-state index in [1.165, 1.54) is 12.0 Å². The Morgan fingerprint density at radius 2 is 1.82 bits per heavy atom. The van der Waals surface area contributed by atoms with Gasteiger partial charge in [-0.05, 0) is 47.2 Å². The predicted molar refractivity (Wildman–Crippen MR) is 131 cm³/mol. The molecule has 1 fully saturated rings. The van der Waals surface area contributed by atoms with Gasteiger partial charge in [0.2, 0.25) is 0 Å². The molecule has 34 heavy (non-hydrogen) atoms. The molecule has 0 unspecified atom stereocenters. The number of thioether (sulfide) groups is 1. The predicted octanol–water partition coefficient (Wildman–Crippen LogP) is 6.04. The first-order valence-corrected chi connectivity index (χ1v) is 11.5. The molecule has 0 aliphatic carbocycles. The molecule has 4 rings (SSSR count). The van der Waals surface area contributed by atoms with E-state index in [4.69, 9.17) is 21.1 Å². The van der Waals surface area contributed by atoms with E-state index in [1.807, 2.05) is 36.4 Å². The van der Waals surface area contributed by atoms with Gasteiger partial charge in [0.15, 0.2) is 11.5 Å². The Kier molecular flexibility index (Phi) is 7.21. The molecule has 1 aliphatic rings. The molecule has 1 aliphatic heterocycles. The number of benzene rings is 3. The highest BCUT2D eigenvalue weighted by molar-refractivity contribution is 8.18. The number of imide groups is 1. The fourth-order valence-electron chi connectivity index (χ4n) is 3.42. The molecule has 6 nitrogen and oxygen atoms in total. The number of nitriles is 1. The van der Waals surface area contributed by atoms with E-state index in [9.17, 15) is 14.9 Å². The van der Waals surface area contributed by atoms with E-state index in [0.29, 0.717) is 27.5 Å². The van der Waals surface area contributed by atoms with Crippen LogP contribution in [0.3, 0.4) is 0 Å². The summed E-state index contributed by atoms with van der Waals surface area (Å²) in [5.74, 6) is 0.338. The summed E-state index contributed by atoms with van der Waals surface area (Å²) in [4.78, 5) is 26.8. The minimum Gasteiger partial charge on any atom is -0.493 e. The summed E-state index contributed by atoms with van der Waals surface area (Å²) in [6.07, 6.45) is 1.61. The van der Waals surface area contributed by atoms with Crippen LogP contribution in [0.1, 0.15) is 22.3 Å². The topological polar surface area (TPSA) is 79.6 Å². The van der Waals surface area contributed by atoms with Crippen molar-refractivity contribution in [1.82, 2.24) is 4.90 Å². The molecular formula is C26H19ClN2O4S. The van der Waals surface area contributed by atoms with Crippen molar-refractivity contribution in [2.75, 3.05) is 7.11 Å². The van der Waals surface area contributed by atoms with Crippen LogP contribution in [0, 0.1) is 11.3 Å². The largest absolute Gasteiger partial charge is 0.493 e. The van der Waals surface area contributed by atoms with E-state index in [0.717, 1.165) is 22.9 Å². The summed E-state index contributed by atoms with van der Waals surface area (Å²) in [7, 11) is 1.49. The second-order valence-corrected chi connectivity index (χ2v) is 8.75. The molecule has 0 bridgehead atoms. The number of carbonyl (C=O) groups is 2. The molecule has 0 N–H and O–H groups in total. The third-order valence-corrected chi connectivity index (χ3v) is 6.30. The summed E-state index contributed by atoms with van der Waals surface area (Å²) in [5.41, 5.74) is 2.70. The second kappa shape index (κ2) is 10.5. The van der Waals surface area contributed by atoms with E-state index in [2.05, 4.69) is 6.07 Å². The number of hydrogen-bond acceptors (Lipinski definition) is 6. The van der Waals surface area contributed by atoms with Crippen molar-refractivity contribution in [1.29, 1.82) is 5.26 Å². The van der Waals surface area contributed by atoms with Crippen molar-refractivity contribution in [3.05, 3.63) is 98.9 Å². The average molecular weight is 491 g/mol. The normalized spacial score (nSPS) is 14.4. The molecule has 0 radical (unpaired) electrons. The van der Waals surface area contributed by atoms with E-state index in [1.54, 1.807) is 36.4 Å². The monoisotopic (exact) mass is 490 g/mol. The van der Waals surface area contributed by atoms with Crippen molar-refractivity contribution >= 4 is 40.6 Å². The Labute approximate surface area is 206 Å². The lowest BCUT2D eigenvalue weighted by atomic mass is 10.1. The van der Waals surface area contributed by atoms with Crippen LogP contribution in [-0.4, -0.2) is 23.2 Å². The molecule has 0 atom stereocenters. The van der Waals surface area contributed by atoms with Crippen LogP contribution in [0.2, 0.25) is 5.02 Å². The van der Waals surface area contributed by atoms with Gasteiger partial charge in [-0.2, -0.15) is 5.26 Å². The lowest BCUT2D eigenvalue weighted by Crippen LogP contribution is -2.27. The lowest BCUT2D eigenvalue weighted by molar-refractivity contribution is -0.123. The molecule has 8 heteroatoms. The maximum absolute atomic E-state index is 12.9. The maximum Gasteiger partial charge on any atom is 0.293 e. The second-order valence-electron chi connectivity index (χ2n) is 7.35. The van der Waals surface area contributed by atoms with Crippen molar-refractivity contribution < 1.29 is 19.1 Å². The number of amides is 2. The van der Waals surface area contributed by atoms with Crippen LogP contribution in [-0.2, 0) is 17.9 Å². The molecule has 170 valence electrons. The first-order chi connectivity index (χ1) is 16.5. The summed E-state index contributed by atoms with van der Waals surface area (Å²) in [5, 5.41) is 9.22. The highest BCUT2D eigenvalue weighted by Gasteiger charge is 2.35. The standard InChI is InChI=1S/C26H19ClN2O4S/c1-32-22-12-18(11-21(27)24(22)33-16-20-10-6-5-9-19(20)14-28)13-23-25(30)29(26(31)34-23)15-17-7-3-2-4-8-17/h2-13H,15-16H2,1H3/b23-13-. The van der Waals surface area contributed by atoms with Gasteiger partial charge in [-0.1, -0.05) is 60.1 Å². The van der Waals surface area contributed by atoms with Crippen molar-refractivity contribution in [2.45, 2.75) is 13.2 Å². The molecule has 0 spiro atoms. The zero-order valence-electron chi connectivity index (χ0n) is 18.2. The zero-order valence-corrected chi connectivity index (χ0v) is 19.7. The number of hydrogen-bond donors (Lipinski definition) is 0. The lowest BCUT2D eigenvalue weighted by Gasteiger charge is -2.14. The van der Waals surface area contributed by atoms with Crippen molar-refractivity contribution in [3.8, 4) is 17.6 Å². The summed E-state index contributed by atoms with van der Waals surface area (Å²) >= 11 is 7.36. The average Bonchev–Trinajstić information content (AvgIpc) is 3.11. The van der Waals surface area contributed by atoms with Crippen LogP contribution >= 0.6 is 23.4 Å². The van der Waals surface area contributed by atoms with Gasteiger partial charge in [0.05, 0.1) is 35.2 Å². The molecule has 1 heterocycles. The summed E-state index contributed by atoms with van der Waals surface area (Å²) in [6, 6.07) is 21.9. The highest BCUT2D eigenvalue weighted by atomic mass is 35.5. The van der Waals surface area contributed by atoms with Crippen molar-refractivity contribution in [3.63, 3.8) is 0 Å². The van der Waals surface area contributed by atoms with Gasteiger partial charge in [0.1, 0.15) is 6.61 Å². The Bertz CT molecular complexity index is 1320. The van der Waals surface area contributed by atoms with Gasteiger partial charge in [0, 0.05) is 5.56 Å². The van der Waals surface area contributed by atoms with Crippen molar-refractivity contribution in [2.24, 2.45) is 0 Å². The Morgan fingerprint density at radius 1 is 1.09 bits per heavy atom. The minimum atomic E-state index is -0.359. The fourth-order valence-corrected chi connectivity index (χ4v) is 4.53. The fraction of sp³-hybridized carbons (Fsp3) is 0.115. The van der Waals surface area contributed by atoms with Crippen LogP contribution in [0.15, 0.2) is 71.6 Å². The first-order valence-electron chi connectivity index (χ1n) is 10.3. The van der Waals surface area contributed by atoms with E-state index in [-0.39, 0.29) is 29.3 Å². The number of rotatable bonds is 7. The molecule has 1 saturated heterocycles. The molecule has 0 aromatic heterocycles. The minimum absolute atomic E-state index is 0.136. The zero-order chi connectivity index (χ0) is 24.1. The molecular weight excluding hydrogens is 472 g/mol. The highest BCUT2D eigenvalue weighted by Crippen LogP contribution is 2.39. The third-order valence-electron chi connectivity index (χ3n) is 5.12. The number of nitrogens with zero attached hydrogens (tertiary/aromatic N) is 2. The maximum atomic E-state index is 12.9. The van der Waals surface area contributed by atoms with Gasteiger partial charge in [-0.3, -0.25) is 14.5 Å². The Hall–Kier alpha value is -3.73. The van der Waals surface area contributed by atoms with Gasteiger partial charge in [0.25, 0.3) is 11.1 Å². The third kappa shape index (κ3) is 5.09. The smallest absolute Gasteiger partial charge is 0.293 e. The van der Waals surface area contributed by atoms with Crippen LogP contribution in [0.5, 0.6) is 11.5 Å².